The van der Waals surface area contributed by atoms with E-state index in [-0.39, 0.29) is 29.4 Å². The van der Waals surface area contributed by atoms with Gasteiger partial charge in [-0.25, -0.2) is 13.2 Å². The summed E-state index contributed by atoms with van der Waals surface area (Å²) in [6, 6.07) is 5.90. The lowest BCUT2D eigenvalue weighted by Crippen LogP contribution is -2.44. The Hall–Kier alpha value is -1.93. The monoisotopic (exact) mass is 410 g/mol. The second-order valence-corrected chi connectivity index (χ2v) is 9.06. The Kier molecular flexibility index (Phi) is 8.00. The van der Waals surface area contributed by atoms with E-state index >= 15 is 0 Å². The smallest absolute Gasteiger partial charge is 0.338 e. The van der Waals surface area contributed by atoms with E-state index < -0.39 is 16.0 Å². The van der Waals surface area contributed by atoms with Crippen LogP contribution in [-0.2, 0) is 19.6 Å². The Morgan fingerprint density at radius 3 is 2.32 bits per heavy atom. The molecule has 1 aliphatic heterocycles. The van der Waals surface area contributed by atoms with Gasteiger partial charge in [0, 0.05) is 25.0 Å². The zero-order valence-corrected chi connectivity index (χ0v) is 17.6. The summed E-state index contributed by atoms with van der Waals surface area (Å²) in [7, 11) is -3.65. The van der Waals surface area contributed by atoms with Gasteiger partial charge in [-0.3, -0.25) is 4.79 Å². The van der Waals surface area contributed by atoms with Crippen molar-refractivity contribution in [3.63, 3.8) is 0 Å². The molecule has 1 aromatic carbocycles. The van der Waals surface area contributed by atoms with Crippen molar-refractivity contribution in [1.82, 2.24) is 9.62 Å². The number of rotatable bonds is 8. The van der Waals surface area contributed by atoms with Gasteiger partial charge in [0.2, 0.25) is 15.9 Å². The molecule has 0 radical (unpaired) electrons. The van der Waals surface area contributed by atoms with Crippen LogP contribution in [0, 0.1) is 5.92 Å². The lowest BCUT2D eigenvalue weighted by molar-refractivity contribution is -0.126. The van der Waals surface area contributed by atoms with Gasteiger partial charge in [0.15, 0.2) is 0 Å². The molecule has 0 saturated carbocycles. The number of nitrogens with one attached hydrogen (secondary N) is 1. The first-order chi connectivity index (χ1) is 13.3. The Morgan fingerprint density at radius 1 is 1.18 bits per heavy atom. The van der Waals surface area contributed by atoms with Crippen molar-refractivity contribution in [1.29, 1.82) is 0 Å². The number of carbonyl (C=O) groups is 2. The molecular formula is C20H30N2O5S. The maximum absolute atomic E-state index is 12.8. The molecule has 1 unspecified atom stereocenters. The zero-order chi connectivity index (χ0) is 20.7. The van der Waals surface area contributed by atoms with E-state index in [2.05, 4.69) is 12.2 Å². The number of sulfonamides is 1. The predicted molar refractivity (Wildman–Crippen MR) is 106 cm³/mol. The quantitative estimate of drug-likeness (QED) is 0.665. The second-order valence-electron chi connectivity index (χ2n) is 7.12. The highest BCUT2D eigenvalue weighted by molar-refractivity contribution is 7.89. The van der Waals surface area contributed by atoms with Crippen molar-refractivity contribution >= 4 is 21.9 Å². The maximum Gasteiger partial charge on any atom is 0.338 e. The van der Waals surface area contributed by atoms with Gasteiger partial charge in [-0.05, 0) is 57.4 Å². The highest BCUT2D eigenvalue weighted by Crippen LogP contribution is 2.24. The van der Waals surface area contributed by atoms with Gasteiger partial charge in [-0.2, -0.15) is 4.31 Å². The van der Waals surface area contributed by atoms with Crippen LogP contribution in [0.1, 0.15) is 56.8 Å². The minimum Gasteiger partial charge on any atom is -0.462 e. The van der Waals surface area contributed by atoms with Crippen LogP contribution in [0.15, 0.2) is 29.2 Å². The van der Waals surface area contributed by atoms with Crippen molar-refractivity contribution < 1.29 is 22.7 Å². The van der Waals surface area contributed by atoms with Crippen LogP contribution in [-0.4, -0.2) is 50.3 Å². The molecular weight excluding hydrogens is 380 g/mol. The molecule has 2 rings (SSSR count). The largest absolute Gasteiger partial charge is 0.462 e. The molecule has 156 valence electrons. The zero-order valence-electron chi connectivity index (χ0n) is 16.8. The molecule has 0 spiro atoms. The fourth-order valence-corrected chi connectivity index (χ4v) is 4.82. The van der Waals surface area contributed by atoms with Crippen LogP contribution in [0.2, 0.25) is 0 Å². The minimum atomic E-state index is -3.65. The molecule has 1 amide bonds. The summed E-state index contributed by atoms with van der Waals surface area (Å²) in [5, 5.41) is 3.01. The molecule has 7 nitrogen and oxygen atoms in total. The molecule has 1 saturated heterocycles. The topological polar surface area (TPSA) is 92.8 Å². The number of amides is 1. The van der Waals surface area contributed by atoms with E-state index in [4.69, 9.17) is 4.74 Å². The lowest BCUT2D eigenvalue weighted by Gasteiger charge is -2.31. The van der Waals surface area contributed by atoms with Crippen LogP contribution in [0.3, 0.4) is 0 Å². The van der Waals surface area contributed by atoms with E-state index in [1.807, 2.05) is 6.92 Å². The Bertz CT molecular complexity index is 768. The molecule has 0 aromatic heterocycles. The van der Waals surface area contributed by atoms with E-state index in [0.29, 0.717) is 31.5 Å². The number of esters is 1. The molecule has 1 fully saturated rings. The van der Waals surface area contributed by atoms with Crippen molar-refractivity contribution in [2.24, 2.45) is 5.92 Å². The SMILES string of the molecule is CCCC(C)NC(=O)C1CCN(S(=O)(=O)c2ccc(C(=O)OCC)cc2)CC1. The molecule has 1 heterocycles. The first kappa shape index (κ1) is 22.4. The van der Waals surface area contributed by atoms with Gasteiger partial charge in [-0.15, -0.1) is 0 Å². The molecule has 1 aliphatic rings. The normalized spacial score (nSPS) is 17.1. The summed E-state index contributed by atoms with van der Waals surface area (Å²) in [5.41, 5.74) is 0.317. The molecule has 0 aliphatic carbocycles. The number of carbonyl (C=O) groups excluding carboxylic acids is 2. The summed E-state index contributed by atoms with van der Waals surface area (Å²) in [6.07, 6.45) is 2.95. The van der Waals surface area contributed by atoms with Crippen molar-refractivity contribution in [2.75, 3.05) is 19.7 Å². The summed E-state index contributed by atoms with van der Waals surface area (Å²) in [4.78, 5) is 24.2. The molecule has 28 heavy (non-hydrogen) atoms. The molecule has 0 bridgehead atoms. The second kappa shape index (κ2) is 10.0. The van der Waals surface area contributed by atoms with E-state index in [9.17, 15) is 18.0 Å². The highest BCUT2D eigenvalue weighted by Gasteiger charge is 2.32. The third-order valence-corrected chi connectivity index (χ3v) is 6.85. The Morgan fingerprint density at radius 2 is 1.79 bits per heavy atom. The van der Waals surface area contributed by atoms with E-state index in [1.54, 1.807) is 6.92 Å². The summed E-state index contributed by atoms with van der Waals surface area (Å²) < 4.78 is 32.0. The molecule has 1 aromatic rings. The fraction of sp³-hybridized carbons (Fsp3) is 0.600. The number of piperidine rings is 1. The van der Waals surface area contributed by atoms with E-state index in [1.165, 1.54) is 28.6 Å². The number of benzene rings is 1. The van der Waals surface area contributed by atoms with Crippen molar-refractivity contribution in [3.05, 3.63) is 29.8 Å². The Labute approximate surface area is 167 Å². The van der Waals surface area contributed by atoms with Gasteiger partial charge in [0.25, 0.3) is 0 Å². The number of nitrogens with zero attached hydrogens (tertiary/aromatic N) is 1. The highest BCUT2D eigenvalue weighted by atomic mass is 32.2. The van der Waals surface area contributed by atoms with Crippen LogP contribution < -0.4 is 5.32 Å². The third-order valence-electron chi connectivity index (χ3n) is 4.94. The minimum absolute atomic E-state index is 0.0109. The third kappa shape index (κ3) is 5.54. The first-order valence-electron chi connectivity index (χ1n) is 9.87. The van der Waals surface area contributed by atoms with Crippen molar-refractivity contribution in [2.45, 2.75) is 57.4 Å². The van der Waals surface area contributed by atoms with Gasteiger partial charge >= 0.3 is 5.97 Å². The van der Waals surface area contributed by atoms with Crippen LogP contribution in [0.25, 0.3) is 0 Å². The van der Waals surface area contributed by atoms with Gasteiger partial charge in [0.05, 0.1) is 17.1 Å². The number of hydrogen-bond acceptors (Lipinski definition) is 5. The summed E-state index contributed by atoms with van der Waals surface area (Å²) >= 11 is 0. The average molecular weight is 411 g/mol. The first-order valence-corrected chi connectivity index (χ1v) is 11.3. The van der Waals surface area contributed by atoms with Crippen LogP contribution in [0.4, 0.5) is 0 Å². The van der Waals surface area contributed by atoms with Crippen molar-refractivity contribution in [3.8, 4) is 0 Å². The number of ether oxygens (including phenoxy) is 1. The van der Waals surface area contributed by atoms with Gasteiger partial charge < -0.3 is 10.1 Å². The number of hydrogen-bond donors (Lipinski definition) is 1. The van der Waals surface area contributed by atoms with E-state index in [0.717, 1.165) is 12.8 Å². The average Bonchev–Trinajstić information content (AvgIpc) is 2.68. The maximum atomic E-state index is 12.8. The Balaban J connectivity index is 1.97. The van der Waals surface area contributed by atoms with Gasteiger partial charge in [0.1, 0.15) is 0 Å². The fourth-order valence-electron chi connectivity index (χ4n) is 3.35. The summed E-state index contributed by atoms with van der Waals surface area (Å²) in [6.45, 7) is 6.65. The van der Waals surface area contributed by atoms with Crippen LogP contribution >= 0.6 is 0 Å². The molecule has 1 N–H and O–H groups in total. The van der Waals surface area contributed by atoms with Crippen LogP contribution in [0.5, 0.6) is 0 Å². The standard InChI is InChI=1S/C20H30N2O5S/c1-4-6-15(3)21-19(23)16-11-13-22(14-12-16)28(25,26)18-9-7-17(8-10-18)20(24)27-5-2/h7-10,15-16H,4-6,11-14H2,1-3H3,(H,21,23). The molecule has 1 atom stereocenters. The lowest BCUT2D eigenvalue weighted by atomic mass is 9.96. The predicted octanol–water partition coefficient (Wildman–Crippen LogP) is 2.57. The summed E-state index contributed by atoms with van der Waals surface area (Å²) in [5.74, 6) is -0.621. The molecule has 8 heteroatoms. The van der Waals surface area contributed by atoms with Gasteiger partial charge in [-0.1, -0.05) is 13.3 Å².